The van der Waals surface area contributed by atoms with Crippen LogP contribution in [0, 0.1) is 0 Å². The second-order valence-corrected chi connectivity index (χ2v) is 7.80. The molecule has 0 unspecified atom stereocenters. The lowest BCUT2D eigenvalue weighted by molar-refractivity contribution is 0.602. The number of hydrogen-bond acceptors (Lipinski definition) is 2. The number of rotatable bonds is 2. The molecule has 0 saturated carbocycles. The monoisotopic (exact) mass is 368 g/mol. The molecule has 0 fully saturated rings. The molecule has 2 nitrogen and oxygen atoms in total. The molecule has 2 aromatic carbocycles. The van der Waals surface area contributed by atoms with Gasteiger partial charge in [-0.1, -0.05) is 52.5 Å². The third-order valence-electron chi connectivity index (χ3n) is 2.64. The summed E-state index contributed by atoms with van der Waals surface area (Å²) in [4.78, 5) is 0.00424. The van der Waals surface area contributed by atoms with Crippen molar-refractivity contribution in [1.82, 2.24) is 0 Å². The Labute approximate surface area is 137 Å². The standard InChI is InChI=1S/C13H8Cl4O2S/c1-20(18,19)13-5-9(11(16)6-12(13)17)8-3-2-7(14)4-10(8)15/h2-6H,1H3. The van der Waals surface area contributed by atoms with E-state index in [1.807, 2.05) is 0 Å². The summed E-state index contributed by atoms with van der Waals surface area (Å²) in [5.41, 5.74) is 1.07. The van der Waals surface area contributed by atoms with Crippen LogP contribution in [0.5, 0.6) is 0 Å². The first kappa shape index (κ1) is 15.9. The molecule has 0 amide bonds. The van der Waals surface area contributed by atoms with Gasteiger partial charge in [0.25, 0.3) is 0 Å². The van der Waals surface area contributed by atoms with Gasteiger partial charge in [0.05, 0.1) is 14.9 Å². The molecule has 0 atom stereocenters. The van der Waals surface area contributed by atoms with E-state index >= 15 is 0 Å². The van der Waals surface area contributed by atoms with Gasteiger partial charge in [0.1, 0.15) is 0 Å². The number of hydrogen-bond donors (Lipinski definition) is 0. The summed E-state index contributed by atoms with van der Waals surface area (Å²) in [6.07, 6.45) is 1.08. The van der Waals surface area contributed by atoms with Crippen molar-refractivity contribution in [2.45, 2.75) is 4.90 Å². The minimum atomic E-state index is -3.46. The molecule has 106 valence electrons. The minimum absolute atomic E-state index is 0.00424. The maximum Gasteiger partial charge on any atom is 0.177 e. The first-order chi connectivity index (χ1) is 9.20. The van der Waals surface area contributed by atoms with Crippen LogP contribution in [0.15, 0.2) is 35.2 Å². The van der Waals surface area contributed by atoms with Crippen LogP contribution in [0.2, 0.25) is 20.1 Å². The summed E-state index contributed by atoms with van der Waals surface area (Å²) < 4.78 is 23.4. The van der Waals surface area contributed by atoms with Gasteiger partial charge in [-0.25, -0.2) is 8.42 Å². The molecule has 2 aromatic rings. The van der Waals surface area contributed by atoms with Gasteiger partial charge in [0, 0.05) is 27.4 Å². The fraction of sp³-hybridized carbons (Fsp3) is 0.0769. The van der Waals surface area contributed by atoms with Crippen LogP contribution in [-0.2, 0) is 9.84 Å². The molecule has 0 aromatic heterocycles. The Hall–Kier alpha value is -0.450. The SMILES string of the molecule is CS(=O)(=O)c1cc(-c2ccc(Cl)cc2Cl)c(Cl)cc1Cl. The van der Waals surface area contributed by atoms with E-state index in [0.717, 1.165) is 6.26 Å². The Morgan fingerprint density at radius 2 is 1.40 bits per heavy atom. The smallest absolute Gasteiger partial charge is 0.177 e. The van der Waals surface area contributed by atoms with Gasteiger partial charge in [-0.15, -0.1) is 0 Å². The van der Waals surface area contributed by atoms with Crippen molar-refractivity contribution in [2.75, 3.05) is 6.26 Å². The first-order valence-corrected chi connectivity index (χ1v) is 8.75. The lowest BCUT2D eigenvalue weighted by atomic mass is 10.1. The Morgan fingerprint density at radius 1 is 0.800 bits per heavy atom. The molecule has 0 spiro atoms. The zero-order chi connectivity index (χ0) is 15.1. The fourth-order valence-electron chi connectivity index (χ4n) is 1.73. The molecular formula is C13H8Cl4O2S. The van der Waals surface area contributed by atoms with E-state index in [9.17, 15) is 8.42 Å². The van der Waals surface area contributed by atoms with E-state index in [-0.39, 0.29) is 9.92 Å². The van der Waals surface area contributed by atoms with Crippen molar-refractivity contribution in [3.8, 4) is 11.1 Å². The predicted molar refractivity (Wildman–Crippen MR) is 85.0 cm³/mol. The van der Waals surface area contributed by atoms with Crippen molar-refractivity contribution >= 4 is 56.2 Å². The summed E-state index contributed by atoms with van der Waals surface area (Å²) >= 11 is 24.0. The van der Waals surface area contributed by atoms with Crippen LogP contribution in [0.25, 0.3) is 11.1 Å². The highest BCUT2D eigenvalue weighted by molar-refractivity contribution is 7.90. The molecule has 0 aliphatic rings. The van der Waals surface area contributed by atoms with Crippen molar-refractivity contribution < 1.29 is 8.42 Å². The van der Waals surface area contributed by atoms with Gasteiger partial charge in [-0.2, -0.15) is 0 Å². The Balaban J connectivity index is 2.75. The molecule has 0 bridgehead atoms. The molecule has 0 N–H and O–H groups in total. The maximum atomic E-state index is 11.7. The van der Waals surface area contributed by atoms with Crippen LogP contribution < -0.4 is 0 Å². The van der Waals surface area contributed by atoms with Gasteiger partial charge in [-0.05, 0) is 24.3 Å². The zero-order valence-corrected chi connectivity index (χ0v) is 14.0. The van der Waals surface area contributed by atoms with Gasteiger partial charge in [0.15, 0.2) is 9.84 Å². The van der Waals surface area contributed by atoms with Gasteiger partial charge in [0.2, 0.25) is 0 Å². The molecular weight excluding hydrogens is 362 g/mol. The van der Waals surface area contributed by atoms with Crippen LogP contribution in [0.1, 0.15) is 0 Å². The van der Waals surface area contributed by atoms with E-state index in [0.29, 0.717) is 26.2 Å². The average molecular weight is 370 g/mol. The lowest BCUT2D eigenvalue weighted by Crippen LogP contribution is -1.99. The van der Waals surface area contributed by atoms with Crippen molar-refractivity contribution in [3.05, 3.63) is 50.4 Å². The Bertz CT molecular complexity index is 785. The number of sulfone groups is 1. The highest BCUT2D eigenvalue weighted by Crippen LogP contribution is 2.38. The largest absolute Gasteiger partial charge is 0.224 e. The Kier molecular flexibility index (Phi) is 4.57. The molecule has 0 heterocycles. The number of halogens is 4. The second kappa shape index (κ2) is 5.74. The van der Waals surface area contributed by atoms with Crippen LogP contribution in [-0.4, -0.2) is 14.7 Å². The van der Waals surface area contributed by atoms with Crippen molar-refractivity contribution in [2.24, 2.45) is 0 Å². The lowest BCUT2D eigenvalue weighted by Gasteiger charge is -2.11. The topological polar surface area (TPSA) is 34.1 Å². The average Bonchev–Trinajstić information content (AvgIpc) is 2.28. The maximum absolute atomic E-state index is 11.7. The second-order valence-electron chi connectivity index (χ2n) is 4.16. The fourth-order valence-corrected chi connectivity index (χ4v) is 3.89. The van der Waals surface area contributed by atoms with E-state index in [1.54, 1.807) is 18.2 Å². The predicted octanol–water partition coefficient (Wildman–Crippen LogP) is 5.37. The zero-order valence-electron chi connectivity index (χ0n) is 10.1. The molecule has 0 aliphatic carbocycles. The van der Waals surface area contributed by atoms with Crippen molar-refractivity contribution in [3.63, 3.8) is 0 Å². The molecule has 7 heteroatoms. The summed E-state index contributed by atoms with van der Waals surface area (Å²) in [7, 11) is -3.46. The summed E-state index contributed by atoms with van der Waals surface area (Å²) in [5, 5.41) is 1.24. The van der Waals surface area contributed by atoms with Crippen LogP contribution in [0.4, 0.5) is 0 Å². The summed E-state index contributed by atoms with van der Waals surface area (Å²) in [5.74, 6) is 0. The molecule has 0 saturated heterocycles. The molecule has 20 heavy (non-hydrogen) atoms. The van der Waals surface area contributed by atoms with Crippen LogP contribution in [0.3, 0.4) is 0 Å². The minimum Gasteiger partial charge on any atom is -0.224 e. The number of benzene rings is 2. The first-order valence-electron chi connectivity index (χ1n) is 5.34. The van der Waals surface area contributed by atoms with E-state index in [4.69, 9.17) is 46.4 Å². The van der Waals surface area contributed by atoms with Gasteiger partial charge < -0.3 is 0 Å². The normalized spacial score (nSPS) is 11.7. The third kappa shape index (κ3) is 3.23. The van der Waals surface area contributed by atoms with Crippen LogP contribution >= 0.6 is 46.4 Å². The summed E-state index contributed by atoms with van der Waals surface area (Å²) in [6.45, 7) is 0. The highest BCUT2D eigenvalue weighted by atomic mass is 35.5. The molecule has 0 aliphatic heterocycles. The third-order valence-corrected chi connectivity index (χ3v) is 5.06. The van der Waals surface area contributed by atoms with E-state index < -0.39 is 9.84 Å². The summed E-state index contributed by atoms with van der Waals surface area (Å²) in [6, 6.07) is 7.68. The van der Waals surface area contributed by atoms with Crippen molar-refractivity contribution in [1.29, 1.82) is 0 Å². The quantitative estimate of drug-likeness (QED) is 0.712. The molecule has 0 radical (unpaired) electrons. The molecule has 2 rings (SSSR count). The van der Waals surface area contributed by atoms with E-state index in [2.05, 4.69) is 0 Å². The Morgan fingerprint density at radius 3 is 1.95 bits per heavy atom. The highest BCUT2D eigenvalue weighted by Gasteiger charge is 2.17. The van der Waals surface area contributed by atoms with E-state index in [1.165, 1.54) is 12.1 Å². The van der Waals surface area contributed by atoms with Gasteiger partial charge >= 0.3 is 0 Å². The van der Waals surface area contributed by atoms with Gasteiger partial charge in [-0.3, -0.25) is 0 Å².